The van der Waals surface area contributed by atoms with E-state index >= 15 is 0 Å². The van der Waals surface area contributed by atoms with Gasteiger partial charge in [-0.1, -0.05) is 6.07 Å². The van der Waals surface area contributed by atoms with Crippen LogP contribution in [0.15, 0.2) is 35.6 Å². The Morgan fingerprint density at radius 3 is 2.51 bits per heavy atom. The Morgan fingerprint density at radius 2 is 1.94 bits per heavy atom. The monoisotopic (exact) mass is 492 g/mol. The predicted molar refractivity (Wildman–Crippen MR) is 115 cm³/mol. The zero-order valence-corrected chi connectivity index (χ0v) is 19.0. The van der Waals surface area contributed by atoms with Gasteiger partial charge in [-0.15, -0.1) is 0 Å². The van der Waals surface area contributed by atoms with Crippen LogP contribution in [0.4, 0.5) is 13.2 Å². The Balaban J connectivity index is 1.41. The fourth-order valence-corrected chi connectivity index (χ4v) is 4.90. The van der Waals surface area contributed by atoms with Crippen LogP contribution in [0.25, 0.3) is 0 Å². The molecule has 2 N–H and O–H groups in total. The molecule has 1 atom stereocenters. The van der Waals surface area contributed by atoms with Crippen molar-refractivity contribution in [3.05, 3.63) is 47.4 Å². The summed E-state index contributed by atoms with van der Waals surface area (Å²) in [5.41, 5.74) is 5.43. The van der Waals surface area contributed by atoms with Crippen LogP contribution in [-0.4, -0.2) is 60.0 Å². The fourth-order valence-electron chi connectivity index (χ4n) is 4.90. The number of rotatable bonds is 5. The van der Waals surface area contributed by atoms with Crippen LogP contribution in [0.3, 0.4) is 0 Å². The summed E-state index contributed by atoms with van der Waals surface area (Å²) in [5, 5.41) is 0. The molecule has 1 unspecified atom stereocenters. The fraction of sp³-hybridized carbons (Fsp3) is 0.478. The number of Topliss-reactive ketones (excluding diaryl/α,β-unsaturated/α-hetero) is 1. The van der Waals surface area contributed by atoms with Crippen LogP contribution in [0.1, 0.15) is 35.5 Å². The van der Waals surface area contributed by atoms with Crippen molar-refractivity contribution >= 4 is 11.8 Å². The number of nitrogens with zero attached hydrogens (tertiary/aromatic N) is 3. The minimum atomic E-state index is -4.50. The van der Waals surface area contributed by atoms with E-state index in [1.165, 1.54) is 0 Å². The lowest BCUT2D eigenvalue weighted by molar-refractivity contribution is -0.247. The molecule has 0 radical (unpaired) electrons. The Labute approximate surface area is 198 Å². The maximum Gasteiger partial charge on any atom is 0.422 e. The molecule has 186 valence electrons. The van der Waals surface area contributed by atoms with E-state index in [0.29, 0.717) is 24.5 Å². The molecule has 9 nitrogen and oxygen atoms in total. The lowest BCUT2D eigenvalue weighted by Gasteiger charge is -2.61. The second-order valence-electron chi connectivity index (χ2n) is 9.36. The van der Waals surface area contributed by atoms with Gasteiger partial charge in [0.2, 0.25) is 5.88 Å². The number of carbonyl (C=O) groups excluding carboxylic acids is 1. The van der Waals surface area contributed by atoms with Crippen molar-refractivity contribution in [2.75, 3.05) is 26.4 Å². The molecular weight excluding hydrogens is 469 g/mol. The van der Waals surface area contributed by atoms with Crippen molar-refractivity contribution < 1.29 is 36.9 Å². The van der Waals surface area contributed by atoms with Crippen LogP contribution < -0.4 is 15.2 Å². The van der Waals surface area contributed by atoms with Crippen LogP contribution in [0.5, 0.6) is 11.6 Å². The van der Waals surface area contributed by atoms with Crippen molar-refractivity contribution in [3.63, 3.8) is 0 Å². The van der Waals surface area contributed by atoms with Gasteiger partial charge in [-0.2, -0.15) is 13.2 Å². The molecule has 35 heavy (non-hydrogen) atoms. The molecular formula is C23H23F3N4O5. The first kappa shape index (κ1) is 23.3. The van der Waals surface area contributed by atoms with E-state index in [-0.39, 0.29) is 36.4 Å². The van der Waals surface area contributed by atoms with Crippen molar-refractivity contribution in [1.29, 1.82) is 0 Å². The number of fused-ring (bicyclic) bond motifs is 3. The normalized spacial score (nSPS) is 23.6. The number of benzene rings is 1. The van der Waals surface area contributed by atoms with Gasteiger partial charge in [0.25, 0.3) is 6.02 Å². The number of amidine groups is 1. The summed E-state index contributed by atoms with van der Waals surface area (Å²) in [6.45, 7) is 3.55. The van der Waals surface area contributed by atoms with Gasteiger partial charge in [0.1, 0.15) is 29.2 Å². The lowest BCUT2D eigenvalue weighted by Crippen LogP contribution is -2.71. The molecule has 5 rings (SSSR count). The second-order valence-corrected chi connectivity index (χ2v) is 9.36. The second kappa shape index (κ2) is 7.80. The van der Waals surface area contributed by atoms with Crippen LogP contribution >= 0.6 is 0 Å². The Hall–Kier alpha value is -3.41. The third-order valence-electron chi connectivity index (χ3n) is 6.89. The Bertz CT molecular complexity index is 1190. The number of aromatic nitrogens is 2. The van der Waals surface area contributed by atoms with Gasteiger partial charge in [-0.3, -0.25) is 4.79 Å². The lowest BCUT2D eigenvalue weighted by atomic mass is 9.55. The number of alkyl halides is 3. The third-order valence-corrected chi connectivity index (χ3v) is 6.89. The molecule has 1 fully saturated rings. The average molecular weight is 492 g/mol. The zero-order valence-electron chi connectivity index (χ0n) is 19.0. The molecule has 0 aliphatic carbocycles. The largest absolute Gasteiger partial charge is 0.487 e. The summed E-state index contributed by atoms with van der Waals surface area (Å²) in [4.78, 5) is 25.2. The van der Waals surface area contributed by atoms with E-state index in [1.54, 1.807) is 12.1 Å². The van der Waals surface area contributed by atoms with Crippen LogP contribution in [0, 0.1) is 5.41 Å². The maximum absolute atomic E-state index is 12.8. The van der Waals surface area contributed by atoms with Crippen molar-refractivity contribution in [2.45, 2.75) is 37.6 Å². The third kappa shape index (κ3) is 3.76. The molecule has 2 spiro atoms. The summed E-state index contributed by atoms with van der Waals surface area (Å²) in [6, 6.07) is 5.50. The number of nitrogens with two attached hydrogens (primary N) is 1. The first-order valence-corrected chi connectivity index (χ1v) is 10.9. The minimum absolute atomic E-state index is 0.00417. The molecule has 4 heterocycles. The number of halogens is 3. The standard InChI is InChI=1S/C23H23F3N4O5/c1-20(2)21(9-32-10-21)22(11-34-19(27)30-22)14-5-13(3-4-17(14)35-20)6-16(31)15-7-29-18(8-28-15)33-12-23(24,25)26/h3-5,7-8H,6,9-12H2,1-2H3,(H2,27,30). The molecule has 1 aromatic carbocycles. The summed E-state index contributed by atoms with van der Waals surface area (Å²) in [6.07, 6.45) is -2.43. The van der Waals surface area contributed by atoms with E-state index in [9.17, 15) is 18.0 Å². The van der Waals surface area contributed by atoms with Crippen molar-refractivity contribution in [2.24, 2.45) is 16.1 Å². The van der Waals surface area contributed by atoms with E-state index in [2.05, 4.69) is 14.7 Å². The number of aliphatic imine (C=N–C) groups is 1. The Kier molecular flexibility index (Phi) is 5.20. The zero-order chi connectivity index (χ0) is 25.1. The minimum Gasteiger partial charge on any atom is -0.487 e. The quantitative estimate of drug-likeness (QED) is 0.633. The maximum atomic E-state index is 12.8. The van der Waals surface area contributed by atoms with Gasteiger partial charge in [0.05, 0.1) is 31.0 Å². The summed E-state index contributed by atoms with van der Waals surface area (Å²) >= 11 is 0. The molecule has 1 saturated heterocycles. The first-order valence-electron chi connectivity index (χ1n) is 10.9. The number of hydrogen-bond donors (Lipinski definition) is 1. The number of ether oxygens (including phenoxy) is 4. The predicted octanol–water partition coefficient (Wildman–Crippen LogP) is 2.57. The number of ketones is 1. The number of carbonyl (C=O) groups is 1. The molecule has 1 aromatic heterocycles. The van der Waals surface area contributed by atoms with E-state index in [0.717, 1.165) is 18.0 Å². The summed E-state index contributed by atoms with van der Waals surface area (Å²) in [7, 11) is 0. The van der Waals surface area contributed by atoms with Gasteiger partial charge in [-0.25, -0.2) is 15.0 Å². The van der Waals surface area contributed by atoms with Crippen molar-refractivity contribution in [1.82, 2.24) is 9.97 Å². The topological polar surface area (TPSA) is 118 Å². The average Bonchev–Trinajstić information content (AvgIpc) is 3.13. The van der Waals surface area contributed by atoms with Gasteiger partial charge in [0.15, 0.2) is 12.4 Å². The smallest absolute Gasteiger partial charge is 0.422 e. The van der Waals surface area contributed by atoms with Crippen LogP contribution in [-0.2, 0) is 21.4 Å². The number of hydrogen-bond acceptors (Lipinski definition) is 9. The highest BCUT2D eigenvalue weighted by Crippen LogP contribution is 2.62. The summed E-state index contributed by atoms with van der Waals surface area (Å²) < 4.78 is 59.0. The highest BCUT2D eigenvalue weighted by molar-refractivity contribution is 5.95. The van der Waals surface area contributed by atoms with Crippen LogP contribution in [0.2, 0.25) is 0 Å². The molecule has 3 aliphatic rings. The molecule has 0 saturated carbocycles. The molecule has 12 heteroatoms. The molecule has 0 amide bonds. The highest BCUT2D eigenvalue weighted by atomic mass is 19.4. The van der Waals surface area contributed by atoms with Gasteiger partial charge >= 0.3 is 6.18 Å². The van der Waals surface area contributed by atoms with Gasteiger partial charge in [-0.05, 0) is 31.5 Å². The van der Waals surface area contributed by atoms with E-state index < -0.39 is 29.3 Å². The molecule has 2 aromatic rings. The van der Waals surface area contributed by atoms with Gasteiger partial charge in [0, 0.05) is 12.0 Å². The van der Waals surface area contributed by atoms with Gasteiger partial charge < -0.3 is 24.7 Å². The van der Waals surface area contributed by atoms with E-state index in [4.69, 9.17) is 24.9 Å². The van der Waals surface area contributed by atoms with Crippen molar-refractivity contribution in [3.8, 4) is 11.6 Å². The first-order chi connectivity index (χ1) is 16.4. The molecule has 0 bridgehead atoms. The molecule has 3 aliphatic heterocycles. The summed E-state index contributed by atoms with van der Waals surface area (Å²) in [5.74, 6) is -0.0610. The van der Waals surface area contributed by atoms with E-state index in [1.807, 2.05) is 19.9 Å². The SMILES string of the molecule is CC1(C)Oc2ccc(CC(=O)c3cnc(OCC(F)(F)F)cn3)cc2C2(COC(N)=N2)C12COC2. The Morgan fingerprint density at radius 1 is 1.17 bits per heavy atom. The highest BCUT2D eigenvalue weighted by Gasteiger charge is 2.71.